The SMILES string of the molecule is C[C@@H]1CC[C@@]2(O)[C@@]13CC(=O)[C@@]1(C)[C@](OC(=O)c4ccccc4)(OC[C@@]21C)[C@@H]3O. The molecule has 0 radical (unpaired) electrons. The summed E-state index contributed by atoms with van der Waals surface area (Å²) in [5.41, 5.74) is -4.28. The Morgan fingerprint density at radius 2 is 1.93 bits per heavy atom. The lowest BCUT2D eigenvalue weighted by Gasteiger charge is -2.70. The molecular formula is C22H26O6. The lowest BCUT2D eigenvalue weighted by Crippen LogP contribution is -2.84. The number of rotatable bonds is 2. The van der Waals surface area contributed by atoms with Crippen molar-refractivity contribution in [1.82, 2.24) is 0 Å². The molecular weight excluding hydrogens is 360 g/mol. The molecule has 1 saturated heterocycles. The molecule has 1 spiro atoms. The minimum Gasteiger partial charge on any atom is -0.425 e. The number of hydrogen-bond acceptors (Lipinski definition) is 6. The van der Waals surface area contributed by atoms with Gasteiger partial charge in [-0.2, -0.15) is 0 Å². The van der Waals surface area contributed by atoms with Crippen LogP contribution in [-0.2, 0) is 14.3 Å². The number of esters is 1. The largest absolute Gasteiger partial charge is 0.425 e. The Hall–Kier alpha value is -1.76. The highest BCUT2D eigenvalue weighted by Crippen LogP contribution is 2.80. The molecule has 4 bridgehead atoms. The monoisotopic (exact) mass is 386 g/mol. The summed E-state index contributed by atoms with van der Waals surface area (Å²) in [6.07, 6.45) is -0.00825. The van der Waals surface area contributed by atoms with Gasteiger partial charge in [0.25, 0.3) is 5.79 Å². The third-order valence-corrected chi connectivity index (χ3v) is 8.99. The van der Waals surface area contributed by atoms with Crippen molar-refractivity contribution >= 4 is 11.8 Å². The average Bonchev–Trinajstić information content (AvgIpc) is 3.07. The topological polar surface area (TPSA) is 93.1 Å². The molecule has 5 fully saturated rings. The first kappa shape index (κ1) is 18.3. The lowest BCUT2D eigenvalue weighted by atomic mass is 9.35. The van der Waals surface area contributed by atoms with E-state index in [1.165, 1.54) is 0 Å². The van der Waals surface area contributed by atoms with Crippen LogP contribution in [0.4, 0.5) is 0 Å². The fourth-order valence-electron chi connectivity index (χ4n) is 7.08. The highest BCUT2D eigenvalue weighted by atomic mass is 16.7. The fraction of sp³-hybridized carbons (Fsp3) is 0.636. The molecule has 6 heteroatoms. The first-order chi connectivity index (χ1) is 13.1. The van der Waals surface area contributed by atoms with Crippen LogP contribution >= 0.6 is 0 Å². The van der Waals surface area contributed by atoms with Crippen LogP contribution in [0.2, 0.25) is 0 Å². The number of benzene rings is 1. The molecule has 0 amide bonds. The van der Waals surface area contributed by atoms with Crippen molar-refractivity contribution in [3.63, 3.8) is 0 Å². The summed E-state index contributed by atoms with van der Waals surface area (Å²) in [4.78, 5) is 26.4. The van der Waals surface area contributed by atoms with E-state index >= 15 is 0 Å². The van der Waals surface area contributed by atoms with Gasteiger partial charge in [-0.15, -0.1) is 0 Å². The Morgan fingerprint density at radius 1 is 1.25 bits per heavy atom. The minimum atomic E-state index is -1.80. The van der Waals surface area contributed by atoms with Crippen molar-refractivity contribution in [3.05, 3.63) is 35.9 Å². The first-order valence-corrected chi connectivity index (χ1v) is 9.97. The maximum atomic E-state index is 13.4. The summed E-state index contributed by atoms with van der Waals surface area (Å²) >= 11 is 0. The zero-order valence-electron chi connectivity index (χ0n) is 16.4. The van der Waals surface area contributed by atoms with E-state index in [1.54, 1.807) is 37.3 Å². The maximum Gasteiger partial charge on any atom is 0.340 e. The van der Waals surface area contributed by atoms with Gasteiger partial charge in [0.15, 0.2) is 0 Å². The van der Waals surface area contributed by atoms with E-state index in [2.05, 4.69) is 0 Å². The minimum absolute atomic E-state index is 0.0549. The zero-order valence-corrected chi connectivity index (χ0v) is 16.4. The fourth-order valence-corrected chi connectivity index (χ4v) is 7.08. The molecule has 0 unspecified atom stereocenters. The number of hydrogen-bond donors (Lipinski definition) is 2. The van der Waals surface area contributed by atoms with Crippen LogP contribution in [0.1, 0.15) is 50.4 Å². The number of ketones is 1. The Morgan fingerprint density at radius 3 is 2.61 bits per heavy atom. The summed E-state index contributed by atoms with van der Waals surface area (Å²) in [5, 5.41) is 23.5. The lowest BCUT2D eigenvalue weighted by molar-refractivity contribution is -0.366. The second-order valence-electron chi connectivity index (χ2n) is 9.51. The summed E-state index contributed by atoms with van der Waals surface area (Å²) < 4.78 is 11.9. The van der Waals surface area contributed by atoms with Crippen LogP contribution in [0.3, 0.4) is 0 Å². The molecule has 2 N–H and O–H groups in total. The van der Waals surface area contributed by atoms with Crippen LogP contribution in [0.25, 0.3) is 0 Å². The zero-order chi connectivity index (χ0) is 20.2. The van der Waals surface area contributed by atoms with Crippen molar-refractivity contribution in [1.29, 1.82) is 0 Å². The molecule has 28 heavy (non-hydrogen) atoms. The molecule has 5 aliphatic rings. The molecule has 1 aromatic rings. The van der Waals surface area contributed by atoms with E-state index in [4.69, 9.17) is 9.47 Å². The smallest absolute Gasteiger partial charge is 0.340 e. The predicted octanol–water partition coefficient (Wildman–Crippen LogP) is 2.08. The van der Waals surface area contributed by atoms with Crippen molar-refractivity contribution in [2.24, 2.45) is 22.2 Å². The van der Waals surface area contributed by atoms with Crippen molar-refractivity contribution < 1.29 is 29.3 Å². The van der Waals surface area contributed by atoms with Crippen LogP contribution in [0.5, 0.6) is 0 Å². The van der Waals surface area contributed by atoms with Gasteiger partial charge in [0.1, 0.15) is 17.3 Å². The van der Waals surface area contributed by atoms with Crippen molar-refractivity contribution in [3.8, 4) is 0 Å². The summed E-state index contributed by atoms with van der Waals surface area (Å²) in [6, 6.07) is 8.48. The normalized spacial score (nSPS) is 51.2. The summed E-state index contributed by atoms with van der Waals surface area (Å²) in [5.74, 6) is -2.65. The number of carbonyl (C=O) groups excluding carboxylic acids is 2. The molecule has 7 atom stereocenters. The summed E-state index contributed by atoms with van der Waals surface area (Å²) in [7, 11) is 0. The van der Waals surface area contributed by atoms with Crippen LogP contribution in [-0.4, -0.2) is 46.1 Å². The number of aliphatic hydroxyl groups is 2. The number of fused-ring (bicyclic) bond motifs is 1. The number of carbonyl (C=O) groups is 2. The maximum absolute atomic E-state index is 13.4. The molecule has 6 rings (SSSR count). The number of Topliss-reactive ketones (excluding diaryl/α,β-unsaturated/α-hetero) is 1. The van der Waals surface area contributed by atoms with Gasteiger partial charge < -0.3 is 19.7 Å². The van der Waals surface area contributed by atoms with Crippen molar-refractivity contribution in [2.45, 2.75) is 57.5 Å². The Kier molecular flexibility index (Phi) is 3.29. The molecule has 1 aromatic carbocycles. The van der Waals surface area contributed by atoms with Crippen LogP contribution < -0.4 is 0 Å². The molecule has 1 aliphatic heterocycles. The second-order valence-corrected chi connectivity index (χ2v) is 9.51. The van der Waals surface area contributed by atoms with Gasteiger partial charge in [-0.1, -0.05) is 32.0 Å². The number of ether oxygens (including phenoxy) is 2. The van der Waals surface area contributed by atoms with E-state index in [9.17, 15) is 19.8 Å². The van der Waals surface area contributed by atoms with Gasteiger partial charge >= 0.3 is 5.97 Å². The third kappa shape index (κ3) is 1.51. The van der Waals surface area contributed by atoms with Gasteiger partial charge in [-0.25, -0.2) is 4.79 Å². The molecule has 6 nitrogen and oxygen atoms in total. The molecule has 4 aliphatic carbocycles. The Bertz CT molecular complexity index is 884. The Labute approximate surface area is 163 Å². The van der Waals surface area contributed by atoms with Gasteiger partial charge in [0, 0.05) is 17.3 Å². The second kappa shape index (κ2) is 5.04. The van der Waals surface area contributed by atoms with E-state index in [0.717, 1.165) is 0 Å². The molecule has 1 heterocycles. The van der Waals surface area contributed by atoms with Crippen LogP contribution in [0, 0.1) is 22.2 Å². The quantitative estimate of drug-likeness (QED) is 0.756. The van der Waals surface area contributed by atoms with E-state index in [0.29, 0.717) is 18.4 Å². The predicted molar refractivity (Wildman–Crippen MR) is 98.2 cm³/mol. The van der Waals surface area contributed by atoms with Crippen molar-refractivity contribution in [2.75, 3.05) is 6.61 Å². The van der Waals surface area contributed by atoms with E-state index < -0.39 is 39.7 Å². The standard InChI is InChI=1S/C22H26O6/c1-13-9-10-21(26)18(2)12-27-22(28-16(24)14-7-5-4-6-8-14)17(25)20(13,21)11-15(23)19(18,22)3/h4-8,13,17,25-26H,9-12H2,1-3H3/t13-,17-,18-,19-,20+,21+,22+/m1/s1. The summed E-state index contributed by atoms with van der Waals surface area (Å²) in [6.45, 7) is 5.55. The molecule has 0 aromatic heterocycles. The first-order valence-electron chi connectivity index (χ1n) is 9.97. The number of aliphatic hydroxyl groups excluding tert-OH is 1. The van der Waals surface area contributed by atoms with Gasteiger partial charge in [-0.3, -0.25) is 4.79 Å². The average molecular weight is 386 g/mol. The molecule has 4 saturated carbocycles. The van der Waals surface area contributed by atoms with Crippen LogP contribution in [0.15, 0.2) is 30.3 Å². The van der Waals surface area contributed by atoms with E-state index in [-0.39, 0.29) is 24.7 Å². The van der Waals surface area contributed by atoms with E-state index in [1.807, 2.05) is 13.8 Å². The van der Waals surface area contributed by atoms with Gasteiger partial charge in [-0.05, 0) is 37.8 Å². The van der Waals surface area contributed by atoms with Gasteiger partial charge in [0.05, 0.1) is 17.8 Å². The Balaban J connectivity index is 1.70. The highest BCUT2D eigenvalue weighted by Gasteiger charge is 2.92. The highest BCUT2D eigenvalue weighted by molar-refractivity contribution is 5.94. The molecule has 150 valence electrons. The van der Waals surface area contributed by atoms with Gasteiger partial charge in [0.2, 0.25) is 0 Å². The third-order valence-electron chi connectivity index (χ3n) is 8.99.